The van der Waals surface area contributed by atoms with Gasteiger partial charge in [0.25, 0.3) is 11.5 Å². The third-order valence-corrected chi connectivity index (χ3v) is 7.76. The van der Waals surface area contributed by atoms with Crippen LogP contribution >= 0.6 is 0 Å². The number of benzene rings is 2. The van der Waals surface area contributed by atoms with E-state index >= 15 is 0 Å². The fourth-order valence-electron chi connectivity index (χ4n) is 3.63. The third-order valence-electron chi connectivity index (χ3n) is 5.86. The van der Waals surface area contributed by atoms with Crippen molar-refractivity contribution in [3.63, 3.8) is 0 Å². The number of halogens is 1. The lowest BCUT2D eigenvalue weighted by atomic mass is 9.93. The minimum Gasteiger partial charge on any atom is -0.351 e. The smallest absolute Gasteiger partial charge is 0.272 e. The Labute approximate surface area is 197 Å². The van der Waals surface area contributed by atoms with Gasteiger partial charge in [0, 0.05) is 24.9 Å². The van der Waals surface area contributed by atoms with E-state index in [1.165, 1.54) is 12.1 Å². The lowest BCUT2D eigenvalue weighted by Gasteiger charge is -2.25. The molecule has 0 atom stereocenters. The highest BCUT2D eigenvalue weighted by molar-refractivity contribution is 7.90. The second-order valence-corrected chi connectivity index (χ2v) is 11.5. The number of amides is 1. The van der Waals surface area contributed by atoms with E-state index in [1.54, 1.807) is 24.3 Å². The highest BCUT2D eigenvalue weighted by Gasteiger charge is 2.36. The SMILES string of the molecule is CC(C)(CNC(=O)c1cc(Cc2n[nH]c(=O)c3ccccc23)ccc1F)CNS(=O)(=O)C1CC1. The number of sulfonamides is 1. The average molecular weight is 487 g/mol. The molecule has 1 heterocycles. The van der Waals surface area contributed by atoms with Crippen LogP contribution in [0.1, 0.15) is 48.3 Å². The Balaban J connectivity index is 1.45. The van der Waals surface area contributed by atoms with E-state index in [4.69, 9.17) is 0 Å². The van der Waals surface area contributed by atoms with Crippen molar-refractivity contribution in [3.8, 4) is 0 Å². The molecule has 0 saturated heterocycles. The molecule has 1 aromatic heterocycles. The van der Waals surface area contributed by atoms with Crippen molar-refractivity contribution in [1.82, 2.24) is 20.2 Å². The van der Waals surface area contributed by atoms with Gasteiger partial charge < -0.3 is 5.32 Å². The molecule has 1 aliphatic rings. The van der Waals surface area contributed by atoms with Gasteiger partial charge in [0.15, 0.2) is 0 Å². The number of aromatic amines is 1. The molecule has 0 spiro atoms. The maximum atomic E-state index is 14.5. The van der Waals surface area contributed by atoms with Crippen LogP contribution in [0.3, 0.4) is 0 Å². The van der Waals surface area contributed by atoms with Gasteiger partial charge >= 0.3 is 0 Å². The molecule has 180 valence electrons. The molecule has 0 bridgehead atoms. The molecule has 2 aromatic carbocycles. The molecule has 1 fully saturated rings. The van der Waals surface area contributed by atoms with Gasteiger partial charge in [0.05, 0.1) is 21.9 Å². The number of H-pyrrole nitrogens is 1. The van der Waals surface area contributed by atoms with Crippen molar-refractivity contribution in [1.29, 1.82) is 0 Å². The minimum atomic E-state index is -3.32. The van der Waals surface area contributed by atoms with Crippen LogP contribution in [-0.2, 0) is 16.4 Å². The quantitative estimate of drug-likeness (QED) is 0.429. The summed E-state index contributed by atoms with van der Waals surface area (Å²) in [6.07, 6.45) is 1.64. The minimum absolute atomic E-state index is 0.111. The largest absolute Gasteiger partial charge is 0.351 e. The maximum Gasteiger partial charge on any atom is 0.272 e. The van der Waals surface area contributed by atoms with E-state index < -0.39 is 27.2 Å². The zero-order chi connectivity index (χ0) is 24.5. The number of nitrogens with one attached hydrogen (secondary N) is 3. The second kappa shape index (κ2) is 9.27. The maximum absolute atomic E-state index is 14.5. The molecule has 0 unspecified atom stereocenters. The molecule has 3 N–H and O–H groups in total. The normalized spacial score (nSPS) is 14.3. The van der Waals surface area contributed by atoms with Gasteiger partial charge in [-0.25, -0.2) is 22.6 Å². The summed E-state index contributed by atoms with van der Waals surface area (Å²) in [5.41, 5.74) is 0.302. The van der Waals surface area contributed by atoms with Crippen LogP contribution in [0.5, 0.6) is 0 Å². The zero-order valence-electron chi connectivity index (χ0n) is 19.0. The molecule has 1 amide bonds. The fourth-order valence-corrected chi connectivity index (χ4v) is 5.21. The van der Waals surface area contributed by atoms with Crippen LogP contribution in [0, 0.1) is 11.2 Å². The van der Waals surface area contributed by atoms with E-state index in [0.29, 0.717) is 41.3 Å². The standard InChI is InChI=1S/C24H27FN4O4S/c1-24(2,14-27-34(32,33)16-8-9-16)13-26-22(30)19-11-15(7-10-20(19)25)12-21-17-5-3-4-6-18(17)23(31)29-28-21/h3-7,10-11,16,27H,8-9,12-14H2,1-2H3,(H,26,30)(H,29,31). The molecular formula is C24H27FN4O4S. The van der Waals surface area contributed by atoms with E-state index in [9.17, 15) is 22.4 Å². The highest BCUT2D eigenvalue weighted by Crippen LogP contribution is 2.28. The summed E-state index contributed by atoms with van der Waals surface area (Å²) in [6, 6.07) is 11.3. The summed E-state index contributed by atoms with van der Waals surface area (Å²) in [5, 5.41) is 10.2. The Morgan fingerprint density at radius 3 is 2.56 bits per heavy atom. The average Bonchev–Trinajstić information content (AvgIpc) is 3.66. The van der Waals surface area contributed by atoms with Crippen LogP contribution < -0.4 is 15.6 Å². The number of rotatable bonds is 9. The van der Waals surface area contributed by atoms with Crippen molar-refractivity contribution in [3.05, 3.63) is 75.5 Å². The molecule has 10 heteroatoms. The molecular weight excluding hydrogens is 459 g/mol. The van der Waals surface area contributed by atoms with Gasteiger partial charge in [-0.1, -0.05) is 38.1 Å². The topological polar surface area (TPSA) is 121 Å². The van der Waals surface area contributed by atoms with Crippen molar-refractivity contribution in [2.24, 2.45) is 5.41 Å². The van der Waals surface area contributed by atoms with Crippen molar-refractivity contribution in [2.75, 3.05) is 13.1 Å². The van der Waals surface area contributed by atoms with Crippen LogP contribution in [0.25, 0.3) is 10.8 Å². The molecule has 3 aromatic rings. The number of carbonyl (C=O) groups excluding carboxylic acids is 1. The van der Waals surface area contributed by atoms with Crippen LogP contribution in [0.15, 0.2) is 47.3 Å². The lowest BCUT2D eigenvalue weighted by molar-refractivity contribution is 0.0933. The van der Waals surface area contributed by atoms with E-state index in [-0.39, 0.29) is 29.5 Å². The van der Waals surface area contributed by atoms with Gasteiger partial charge in [0.1, 0.15) is 5.82 Å². The number of carbonyl (C=O) groups is 1. The van der Waals surface area contributed by atoms with Crippen LogP contribution in [-0.4, -0.2) is 42.9 Å². The molecule has 4 rings (SSSR count). The summed E-state index contributed by atoms with van der Waals surface area (Å²) in [5.74, 6) is -1.25. The Bertz CT molecular complexity index is 1400. The zero-order valence-corrected chi connectivity index (χ0v) is 19.8. The first kappa shape index (κ1) is 24.0. The summed E-state index contributed by atoms with van der Waals surface area (Å²) >= 11 is 0. The second-order valence-electron chi connectivity index (χ2n) is 9.45. The number of aromatic nitrogens is 2. The van der Waals surface area contributed by atoms with Gasteiger partial charge in [-0.15, -0.1) is 0 Å². The van der Waals surface area contributed by atoms with Gasteiger partial charge in [-0.2, -0.15) is 5.10 Å². The Morgan fingerprint density at radius 1 is 1.15 bits per heavy atom. The van der Waals surface area contributed by atoms with Gasteiger partial charge in [-0.3, -0.25) is 9.59 Å². The van der Waals surface area contributed by atoms with E-state index in [2.05, 4.69) is 20.2 Å². The highest BCUT2D eigenvalue weighted by atomic mass is 32.2. The third kappa shape index (κ3) is 5.51. The molecule has 8 nitrogen and oxygen atoms in total. The summed E-state index contributed by atoms with van der Waals surface area (Å²) < 4.78 is 41.2. The van der Waals surface area contributed by atoms with Crippen LogP contribution in [0.2, 0.25) is 0 Å². The Kier molecular flexibility index (Phi) is 6.55. The summed E-state index contributed by atoms with van der Waals surface area (Å²) in [7, 11) is -3.32. The van der Waals surface area contributed by atoms with E-state index in [1.807, 2.05) is 19.9 Å². The Morgan fingerprint density at radius 2 is 1.85 bits per heavy atom. The summed E-state index contributed by atoms with van der Waals surface area (Å²) in [4.78, 5) is 24.7. The summed E-state index contributed by atoms with van der Waals surface area (Å²) in [6.45, 7) is 3.97. The number of nitrogens with zero attached hydrogens (tertiary/aromatic N) is 1. The number of hydrogen-bond donors (Lipinski definition) is 3. The Hall–Kier alpha value is -3.11. The predicted octanol–water partition coefficient (Wildman–Crippen LogP) is 2.49. The first-order valence-corrected chi connectivity index (χ1v) is 12.6. The number of fused-ring (bicyclic) bond motifs is 1. The van der Waals surface area contributed by atoms with Crippen molar-refractivity contribution >= 4 is 26.7 Å². The molecule has 1 saturated carbocycles. The number of hydrogen-bond acceptors (Lipinski definition) is 5. The molecule has 0 radical (unpaired) electrons. The lowest BCUT2D eigenvalue weighted by Crippen LogP contribution is -2.43. The van der Waals surface area contributed by atoms with E-state index in [0.717, 1.165) is 0 Å². The molecule has 1 aliphatic carbocycles. The van der Waals surface area contributed by atoms with Crippen molar-refractivity contribution < 1.29 is 17.6 Å². The van der Waals surface area contributed by atoms with Gasteiger partial charge in [0.2, 0.25) is 10.0 Å². The molecule has 0 aliphatic heterocycles. The van der Waals surface area contributed by atoms with Crippen molar-refractivity contribution in [2.45, 2.75) is 38.4 Å². The monoisotopic (exact) mass is 486 g/mol. The van der Waals surface area contributed by atoms with Crippen LogP contribution in [0.4, 0.5) is 4.39 Å². The fraction of sp³-hybridized carbons (Fsp3) is 0.375. The first-order valence-electron chi connectivity index (χ1n) is 11.1. The predicted molar refractivity (Wildman–Crippen MR) is 128 cm³/mol. The van der Waals surface area contributed by atoms with Gasteiger partial charge in [-0.05, 0) is 42.0 Å². The molecule has 34 heavy (non-hydrogen) atoms. The first-order chi connectivity index (χ1) is 16.1.